The molecular weight excluding hydrogens is 558 g/mol. The first-order chi connectivity index (χ1) is 20.2. The molecule has 12 heteroatoms. The van der Waals surface area contributed by atoms with Crippen LogP contribution in [0.1, 0.15) is 47.2 Å². The third-order valence-corrected chi connectivity index (χ3v) is 9.19. The predicted molar refractivity (Wildman–Crippen MR) is 158 cm³/mol. The standard InChI is InChI=1S/C30H39N5O6S/c1-21-8-9-22(15-27(21)30(39)35(20-37)28(7-4-14-36)29(38)32-2)17-33-18-25(19-33)41-24-5-3-6-26(16-24)42(40)34-12-10-23(31)11-13-34/h3,5-6,8-9,14-16,20,23,25,28H,4,7,10-13,17-19,31H2,1-2H3,(H,32,38). The van der Waals surface area contributed by atoms with E-state index in [2.05, 4.69) is 10.2 Å². The minimum atomic E-state index is -1.25. The third-order valence-electron chi connectivity index (χ3n) is 7.70. The molecule has 42 heavy (non-hydrogen) atoms. The number of benzene rings is 2. The quantitative estimate of drug-likeness (QED) is 0.330. The Kier molecular flexibility index (Phi) is 11.0. The number of piperidine rings is 1. The second kappa shape index (κ2) is 14.6. The highest BCUT2D eigenvalue weighted by Gasteiger charge is 2.32. The molecule has 2 aromatic carbocycles. The van der Waals surface area contributed by atoms with Crippen molar-refractivity contribution in [3.8, 4) is 5.75 Å². The monoisotopic (exact) mass is 597 g/mol. The van der Waals surface area contributed by atoms with Crippen molar-refractivity contribution in [2.75, 3.05) is 33.2 Å². The molecule has 0 aliphatic carbocycles. The lowest BCUT2D eigenvalue weighted by Crippen LogP contribution is -2.53. The molecule has 3 amide bonds. The molecule has 2 fully saturated rings. The summed E-state index contributed by atoms with van der Waals surface area (Å²) in [5, 5.41) is 2.46. The summed E-state index contributed by atoms with van der Waals surface area (Å²) in [5.74, 6) is -0.416. The van der Waals surface area contributed by atoms with Gasteiger partial charge in [-0.25, -0.2) is 8.51 Å². The van der Waals surface area contributed by atoms with E-state index in [9.17, 15) is 23.4 Å². The van der Waals surface area contributed by atoms with E-state index in [0.717, 1.165) is 23.3 Å². The number of aryl methyl sites for hydroxylation is 1. The van der Waals surface area contributed by atoms with E-state index >= 15 is 0 Å². The number of carbonyl (C=O) groups is 4. The molecule has 0 saturated carbocycles. The maximum Gasteiger partial charge on any atom is 0.261 e. The normalized spacial score (nSPS) is 18.0. The van der Waals surface area contributed by atoms with E-state index in [-0.39, 0.29) is 25.0 Å². The molecule has 2 heterocycles. The zero-order valence-electron chi connectivity index (χ0n) is 24.1. The number of hydrogen-bond acceptors (Lipinski definition) is 8. The molecule has 2 atom stereocenters. The molecule has 2 aromatic rings. The van der Waals surface area contributed by atoms with Gasteiger partial charge in [0.25, 0.3) is 5.91 Å². The van der Waals surface area contributed by atoms with Crippen molar-refractivity contribution in [3.05, 3.63) is 59.2 Å². The smallest absolute Gasteiger partial charge is 0.261 e. The number of nitrogens with zero attached hydrogens (tertiary/aromatic N) is 3. The van der Waals surface area contributed by atoms with Gasteiger partial charge in [0.15, 0.2) is 0 Å². The van der Waals surface area contributed by atoms with Crippen LogP contribution in [0.5, 0.6) is 5.75 Å². The van der Waals surface area contributed by atoms with Gasteiger partial charge >= 0.3 is 0 Å². The molecule has 2 unspecified atom stereocenters. The minimum Gasteiger partial charge on any atom is -0.488 e. The summed E-state index contributed by atoms with van der Waals surface area (Å²) in [7, 11) is 0.169. The van der Waals surface area contributed by atoms with Crippen LogP contribution >= 0.6 is 0 Å². The number of hydrogen-bond donors (Lipinski definition) is 2. The van der Waals surface area contributed by atoms with Crippen LogP contribution in [0.2, 0.25) is 0 Å². The molecule has 2 aliphatic rings. The molecule has 0 bridgehead atoms. The van der Waals surface area contributed by atoms with Crippen molar-refractivity contribution < 1.29 is 28.1 Å². The first kappa shape index (κ1) is 31.5. The Morgan fingerprint density at radius 3 is 2.57 bits per heavy atom. The van der Waals surface area contributed by atoms with Gasteiger partial charge in [0.1, 0.15) is 35.2 Å². The van der Waals surface area contributed by atoms with Crippen LogP contribution in [0.15, 0.2) is 47.4 Å². The number of imide groups is 1. The topological polar surface area (TPSA) is 142 Å². The number of nitrogens with two attached hydrogens (primary N) is 1. The fourth-order valence-corrected chi connectivity index (χ4v) is 6.47. The highest BCUT2D eigenvalue weighted by Crippen LogP contribution is 2.25. The maximum atomic E-state index is 13.4. The maximum absolute atomic E-state index is 13.4. The number of amides is 3. The molecule has 11 nitrogen and oxygen atoms in total. The van der Waals surface area contributed by atoms with Gasteiger partial charge in [0.05, 0.1) is 4.90 Å². The Balaban J connectivity index is 1.35. The van der Waals surface area contributed by atoms with Crippen LogP contribution in [-0.2, 0) is 31.9 Å². The average Bonchev–Trinajstić information content (AvgIpc) is 2.98. The lowest BCUT2D eigenvalue weighted by Gasteiger charge is -2.39. The number of likely N-dealkylation sites (tertiary alicyclic amines) is 1. The van der Waals surface area contributed by atoms with Crippen LogP contribution in [0.25, 0.3) is 0 Å². The fraction of sp³-hybridized carbons (Fsp3) is 0.467. The number of nitrogens with one attached hydrogen (secondary N) is 1. The lowest BCUT2D eigenvalue weighted by molar-refractivity contribution is -0.131. The number of ether oxygens (including phenoxy) is 1. The van der Waals surface area contributed by atoms with Crippen molar-refractivity contribution in [2.24, 2.45) is 5.73 Å². The highest BCUT2D eigenvalue weighted by molar-refractivity contribution is 7.82. The van der Waals surface area contributed by atoms with E-state index < -0.39 is 28.8 Å². The molecule has 226 valence electrons. The van der Waals surface area contributed by atoms with Gasteiger partial charge in [-0.1, -0.05) is 18.2 Å². The van der Waals surface area contributed by atoms with Gasteiger partial charge in [-0.2, -0.15) is 0 Å². The van der Waals surface area contributed by atoms with Crippen molar-refractivity contribution in [1.82, 2.24) is 19.4 Å². The summed E-state index contributed by atoms with van der Waals surface area (Å²) < 4.78 is 21.1. The summed E-state index contributed by atoms with van der Waals surface area (Å²) in [4.78, 5) is 52.3. The molecular formula is C30H39N5O6S. The Bertz CT molecular complexity index is 1310. The number of carbonyl (C=O) groups excluding carboxylic acids is 4. The van der Waals surface area contributed by atoms with E-state index in [1.807, 2.05) is 40.7 Å². The number of likely N-dealkylation sites (N-methyl/N-ethyl adjacent to an activating group) is 1. The van der Waals surface area contributed by atoms with Gasteiger partial charge in [-0.05, 0) is 61.6 Å². The second-order valence-corrected chi connectivity index (χ2v) is 12.3. The summed E-state index contributed by atoms with van der Waals surface area (Å²) in [6.45, 7) is 5.14. The third kappa shape index (κ3) is 7.68. The summed E-state index contributed by atoms with van der Waals surface area (Å²) in [6.07, 6.45) is 2.75. The average molecular weight is 598 g/mol. The van der Waals surface area contributed by atoms with Crippen molar-refractivity contribution >= 4 is 35.5 Å². The Morgan fingerprint density at radius 1 is 1.17 bits per heavy atom. The molecule has 0 aromatic heterocycles. The van der Waals surface area contributed by atoms with Crippen LogP contribution in [0.3, 0.4) is 0 Å². The van der Waals surface area contributed by atoms with Crippen molar-refractivity contribution in [3.63, 3.8) is 0 Å². The van der Waals surface area contributed by atoms with E-state index in [1.165, 1.54) is 7.05 Å². The molecule has 2 saturated heterocycles. The number of aldehydes is 1. The summed E-state index contributed by atoms with van der Waals surface area (Å²) >= 11 is 0. The second-order valence-electron chi connectivity index (χ2n) is 10.8. The predicted octanol–water partition coefficient (Wildman–Crippen LogP) is 1.40. The van der Waals surface area contributed by atoms with Gasteiger partial charge in [-0.15, -0.1) is 0 Å². The Hall–Kier alpha value is -3.45. The van der Waals surface area contributed by atoms with Crippen molar-refractivity contribution in [1.29, 1.82) is 0 Å². The Morgan fingerprint density at radius 2 is 1.90 bits per heavy atom. The van der Waals surface area contributed by atoms with Crippen LogP contribution in [0, 0.1) is 6.92 Å². The lowest BCUT2D eigenvalue weighted by atomic mass is 10.0. The summed E-state index contributed by atoms with van der Waals surface area (Å²) in [5.41, 5.74) is 7.87. The first-order valence-corrected chi connectivity index (χ1v) is 15.3. The van der Waals surface area contributed by atoms with Gasteiger partial charge in [0.2, 0.25) is 12.3 Å². The fourth-order valence-electron chi connectivity index (χ4n) is 5.21. The van der Waals surface area contributed by atoms with Gasteiger partial charge in [-0.3, -0.25) is 24.2 Å². The van der Waals surface area contributed by atoms with Crippen LogP contribution < -0.4 is 15.8 Å². The molecule has 0 radical (unpaired) electrons. The molecule has 4 rings (SSSR count). The summed E-state index contributed by atoms with van der Waals surface area (Å²) in [6, 6.07) is 12.0. The van der Waals surface area contributed by atoms with E-state index in [1.54, 1.807) is 13.0 Å². The first-order valence-electron chi connectivity index (χ1n) is 14.2. The van der Waals surface area contributed by atoms with Crippen LogP contribution in [-0.4, -0.2) is 94.2 Å². The molecule has 2 aliphatic heterocycles. The largest absolute Gasteiger partial charge is 0.488 e. The van der Waals surface area contributed by atoms with Gasteiger partial charge < -0.3 is 20.6 Å². The van der Waals surface area contributed by atoms with Crippen LogP contribution in [0.4, 0.5) is 0 Å². The van der Waals surface area contributed by atoms with E-state index in [0.29, 0.717) is 67.2 Å². The number of rotatable bonds is 13. The van der Waals surface area contributed by atoms with Gasteiger partial charge in [0, 0.05) is 57.8 Å². The van der Waals surface area contributed by atoms with Crippen molar-refractivity contribution in [2.45, 2.75) is 62.2 Å². The zero-order valence-corrected chi connectivity index (χ0v) is 24.9. The SMILES string of the molecule is CNC(=O)C(CCC=O)N(C=O)C(=O)c1cc(CN2CC(Oc3cccc(S(=O)N4CCC(N)CC4)c3)C2)ccc1C. The Labute approximate surface area is 248 Å². The molecule has 3 N–H and O–H groups in total. The zero-order chi connectivity index (χ0) is 30.2. The highest BCUT2D eigenvalue weighted by atomic mass is 32.2. The minimum absolute atomic E-state index is 0.0232. The van der Waals surface area contributed by atoms with E-state index in [4.69, 9.17) is 10.5 Å². The molecule has 0 spiro atoms.